The molecule has 0 spiro atoms. The Bertz CT molecular complexity index is 492. The van der Waals surface area contributed by atoms with E-state index >= 15 is 0 Å². The van der Waals surface area contributed by atoms with E-state index in [0.717, 1.165) is 0 Å². The smallest absolute Gasteiger partial charge is 0.197 e. The molecular weight excluding hydrogens is 204 g/mol. The highest BCUT2D eigenvalue weighted by molar-refractivity contribution is 6.14. The molecule has 0 saturated heterocycles. The van der Waals surface area contributed by atoms with E-state index in [1.54, 1.807) is 12.1 Å². The van der Waals surface area contributed by atoms with Crippen molar-refractivity contribution in [1.82, 2.24) is 9.97 Å². The van der Waals surface area contributed by atoms with Crippen molar-refractivity contribution in [2.24, 2.45) is 0 Å². The molecule has 2 heterocycles. The van der Waals surface area contributed by atoms with Crippen LogP contribution in [0, 0.1) is 0 Å². The SMILES string of the molecule is Nc1cnccc1C(=O)c1ccncc1N. The molecule has 2 rings (SSSR count). The van der Waals surface area contributed by atoms with Crippen molar-refractivity contribution in [1.29, 1.82) is 0 Å². The molecule has 0 aliphatic carbocycles. The van der Waals surface area contributed by atoms with Gasteiger partial charge in [0, 0.05) is 23.5 Å². The van der Waals surface area contributed by atoms with Gasteiger partial charge in [0.25, 0.3) is 0 Å². The topological polar surface area (TPSA) is 94.9 Å². The van der Waals surface area contributed by atoms with Crippen molar-refractivity contribution in [2.45, 2.75) is 0 Å². The van der Waals surface area contributed by atoms with Crippen molar-refractivity contribution in [3.63, 3.8) is 0 Å². The summed E-state index contributed by atoms with van der Waals surface area (Å²) in [7, 11) is 0. The monoisotopic (exact) mass is 214 g/mol. The number of nitrogens with zero attached hydrogens (tertiary/aromatic N) is 2. The molecule has 0 atom stereocenters. The van der Waals surface area contributed by atoms with Crippen molar-refractivity contribution >= 4 is 17.2 Å². The van der Waals surface area contributed by atoms with Crippen LogP contribution in [0.4, 0.5) is 11.4 Å². The van der Waals surface area contributed by atoms with Crippen molar-refractivity contribution in [2.75, 3.05) is 11.5 Å². The van der Waals surface area contributed by atoms with Gasteiger partial charge in [-0.3, -0.25) is 14.8 Å². The maximum absolute atomic E-state index is 12.1. The summed E-state index contributed by atoms with van der Waals surface area (Å²) in [6.07, 6.45) is 5.90. The summed E-state index contributed by atoms with van der Waals surface area (Å²) < 4.78 is 0. The minimum absolute atomic E-state index is 0.222. The normalized spacial score (nSPS) is 10.0. The molecule has 5 nitrogen and oxygen atoms in total. The van der Waals surface area contributed by atoms with Gasteiger partial charge in [-0.1, -0.05) is 0 Å². The molecule has 80 valence electrons. The molecule has 4 N–H and O–H groups in total. The Balaban J connectivity index is 2.48. The van der Waals surface area contributed by atoms with Gasteiger partial charge in [0.2, 0.25) is 0 Å². The first kappa shape index (κ1) is 10.1. The van der Waals surface area contributed by atoms with Gasteiger partial charge in [-0.05, 0) is 12.1 Å². The summed E-state index contributed by atoms with van der Waals surface area (Å²) in [5.74, 6) is -0.222. The largest absolute Gasteiger partial charge is 0.397 e. The lowest BCUT2D eigenvalue weighted by Gasteiger charge is -2.05. The number of ketones is 1. The number of pyridine rings is 2. The Morgan fingerprint density at radius 2 is 1.38 bits per heavy atom. The van der Waals surface area contributed by atoms with Crippen LogP contribution in [0.3, 0.4) is 0 Å². The van der Waals surface area contributed by atoms with E-state index in [1.165, 1.54) is 24.8 Å². The Kier molecular flexibility index (Phi) is 2.51. The number of hydrogen-bond donors (Lipinski definition) is 2. The van der Waals surface area contributed by atoms with Crippen molar-refractivity contribution in [3.8, 4) is 0 Å². The lowest BCUT2D eigenvalue weighted by Crippen LogP contribution is -2.08. The molecule has 16 heavy (non-hydrogen) atoms. The fourth-order valence-corrected chi connectivity index (χ4v) is 1.37. The quantitative estimate of drug-likeness (QED) is 0.723. The molecule has 0 bridgehead atoms. The number of nitrogen functional groups attached to an aromatic ring is 2. The Morgan fingerprint density at radius 1 is 0.938 bits per heavy atom. The number of carbonyl (C=O) groups excluding carboxylic acids is 1. The van der Waals surface area contributed by atoms with Gasteiger partial charge in [-0.15, -0.1) is 0 Å². The number of rotatable bonds is 2. The van der Waals surface area contributed by atoms with Gasteiger partial charge in [0.1, 0.15) is 0 Å². The fourth-order valence-electron chi connectivity index (χ4n) is 1.37. The molecule has 2 aromatic rings. The van der Waals surface area contributed by atoms with Gasteiger partial charge in [0.05, 0.1) is 23.8 Å². The molecule has 0 amide bonds. The predicted octanol–water partition coefficient (Wildman–Crippen LogP) is 0.872. The van der Waals surface area contributed by atoms with Gasteiger partial charge >= 0.3 is 0 Å². The first-order valence-electron chi connectivity index (χ1n) is 4.64. The van der Waals surface area contributed by atoms with Crippen LogP contribution >= 0.6 is 0 Å². The zero-order valence-corrected chi connectivity index (χ0v) is 8.42. The minimum atomic E-state index is -0.222. The highest BCUT2D eigenvalue weighted by Crippen LogP contribution is 2.18. The van der Waals surface area contributed by atoms with Crippen LogP contribution < -0.4 is 11.5 Å². The number of aromatic nitrogens is 2. The van der Waals surface area contributed by atoms with Crippen LogP contribution in [0.25, 0.3) is 0 Å². The molecule has 2 aromatic heterocycles. The molecular formula is C11H10N4O. The van der Waals surface area contributed by atoms with Gasteiger partial charge in [-0.2, -0.15) is 0 Å². The lowest BCUT2D eigenvalue weighted by molar-refractivity contribution is 0.104. The van der Waals surface area contributed by atoms with E-state index in [0.29, 0.717) is 22.5 Å². The molecule has 0 radical (unpaired) electrons. The first-order valence-corrected chi connectivity index (χ1v) is 4.64. The summed E-state index contributed by atoms with van der Waals surface area (Å²) in [6.45, 7) is 0. The summed E-state index contributed by atoms with van der Waals surface area (Å²) in [4.78, 5) is 19.7. The zero-order chi connectivity index (χ0) is 11.5. The van der Waals surface area contributed by atoms with E-state index in [1.807, 2.05) is 0 Å². The lowest BCUT2D eigenvalue weighted by atomic mass is 10.0. The predicted molar refractivity (Wildman–Crippen MR) is 60.7 cm³/mol. The number of hydrogen-bond acceptors (Lipinski definition) is 5. The Labute approximate surface area is 92.1 Å². The summed E-state index contributed by atoms with van der Waals surface area (Å²) in [5.41, 5.74) is 12.8. The molecule has 0 saturated carbocycles. The van der Waals surface area contributed by atoms with Crippen molar-refractivity contribution in [3.05, 3.63) is 48.0 Å². The Morgan fingerprint density at radius 3 is 1.75 bits per heavy atom. The summed E-state index contributed by atoms with van der Waals surface area (Å²) >= 11 is 0. The molecule has 0 unspecified atom stereocenters. The summed E-state index contributed by atoms with van der Waals surface area (Å²) in [6, 6.07) is 3.13. The maximum atomic E-state index is 12.1. The van der Waals surface area contributed by atoms with E-state index in [4.69, 9.17) is 11.5 Å². The van der Waals surface area contributed by atoms with Crippen LogP contribution in [0.2, 0.25) is 0 Å². The molecule has 0 aliphatic rings. The van der Waals surface area contributed by atoms with Gasteiger partial charge in [-0.25, -0.2) is 0 Å². The molecule has 0 aliphatic heterocycles. The third-order valence-corrected chi connectivity index (χ3v) is 2.19. The number of carbonyl (C=O) groups is 1. The van der Waals surface area contributed by atoms with E-state index in [2.05, 4.69) is 9.97 Å². The molecule has 0 fully saturated rings. The zero-order valence-electron chi connectivity index (χ0n) is 8.42. The maximum Gasteiger partial charge on any atom is 0.197 e. The third-order valence-electron chi connectivity index (χ3n) is 2.19. The average Bonchev–Trinajstić information content (AvgIpc) is 2.29. The van der Waals surface area contributed by atoms with Crippen molar-refractivity contribution < 1.29 is 4.79 Å². The highest BCUT2D eigenvalue weighted by atomic mass is 16.1. The van der Waals surface area contributed by atoms with Crippen LogP contribution in [-0.4, -0.2) is 15.8 Å². The highest BCUT2D eigenvalue weighted by Gasteiger charge is 2.14. The fraction of sp³-hybridized carbons (Fsp3) is 0. The number of nitrogens with two attached hydrogens (primary N) is 2. The third kappa shape index (κ3) is 1.70. The Hall–Kier alpha value is -2.43. The second kappa shape index (κ2) is 3.98. The van der Waals surface area contributed by atoms with E-state index in [9.17, 15) is 4.79 Å². The second-order valence-electron chi connectivity index (χ2n) is 3.25. The summed E-state index contributed by atoms with van der Waals surface area (Å²) in [5, 5.41) is 0. The van der Waals surface area contributed by atoms with Gasteiger partial charge in [0.15, 0.2) is 5.78 Å². The standard InChI is InChI=1S/C11H10N4O/c12-9-5-14-3-1-7(9)11(16)8-2-4-15-6-10(8)13/h1-6H,12-13H2. The average molecular weight is 214 g/mol. The van der Waals surface area contributed by atoms with Crippen LogP contribution in [0.15, 0.2) is 36.9 Å². The first-order chi connectivity index (χ1) is 7.70. The molecule has 5 heteroatoms. The van der Waals surface area contributed by atoms with Crippen LogP contribution in [-0.2, 0) is 0 Å². The van der Waals surface area contributed by atoms with Crippen LogP contribution in [0.1, 0.15) is 15.9 Å². The van der Waals surface area contributed by atoms with Crippen LogP contribution in [0.5, 0.6) is 0 Å². The number of anilines is 2. The minimum Gasteiger partial charge on any atom is -0.397 e. The van der Waals surface area contributed by atoms with E-state index in [-0.39, 0.29) is 5.78 Å². The van der Waals surface area contributed by atoms with E-state index < -0.39 is 0 Å². The second-order valence-corrected chi connectivity index (χ2v) is 3.25. The molecule has 0 aromatic carbocycles. The van der Waals surface area contributed by atoms with Gasteiger partial charge < -0.3 is 11.5 Å².